The molecular formula is C33H32F3N3O3. The molecule has 2 aliphatic heterocycles. The Morgan fingerprint density at radius 2 is 1.64 bits per heavy atom. The number of aliphatic carboxylic acids is 1. The van der Waals surface area contributed by atoms with Gasteiger partial charge in [0, 0.05) is 30.6 Å². The first-order valence-corrected chi connectivity index (χ1v) is 14.2. The molecule has 0 saturated carbocycles. The van der Waals surface area contributed by atoms with E-state index < -0.39 is 17.7 Å². The summed E-state index contributed by atoms with van der Waals surface area (Å²) in [7, 11) is 0. The number of carbonyl (C=O) groups is 2. The number of benzene rings is 3. The number of carbonyl (C=O) groups excluding carboxylic acids is 1. The molecule has 0 atom stereocenters. The first-order chi connectivity index (χ1) is 20.2. The maximum absolute atomic E-state index is 13.4. The predicted octanol–water partition coefficient (Wildman–Crippen LogP) is 7.45. The van der Waals surface area contributed by atoms with E-state index >= 15 is 0 Å². The molecule has 0 unspecified atom stereocenters. The molecule has 0 bridgehead atoms. The molecule has 1 saturated heterocycles. The molecule has 218 valence electrons. The van der Waals surface area contributed by atoms with E-state index in [0.717, 1.165) is 30.5 Å². The summed E-state index contributed by atoms with van der Waals surface area (Å²) in [6, 6.07) is 20.5. The number of hydrogen-bond donors (Lipinski definition) is 1. The third kappa shape index (κ3) is 6.95. The molecule has 1 amide bonds. The molecule has 2 aliphatic rings. The Morgan fingerprint density at radius 1 is 0.929 bits per heavy atom. The van der Waals surface area contributed by atoms with Crippen molar-refractivity contribution in [2.45, 2.75) is 57.2 Å². The van der Waals surface area contributed by atoms with Crippen molar-refractivity contribution in [2.24, 2.45) is 9.98 Å². The summed E-state index contributed by atoms with van der Waals surface area (Å²) in [5.41, 5.74) is 4.02. The number of amides is 1. The molecule has 0 aromatic heterocycles. The normalized spacial score (nSPS) is 15.8. The van der Waals surface area contributed by atoms with E-state index in [2.05, 4.69) is 12.1 Å². The van der Waals surface area contributed by atoms with Crippen LogP contribution in [-0.4, -0.2) is 46.4 Å². The lowest BCUT2D eigenvalue weighted by molar-refractivity contribution is -0.138. The minimum absolute atomic E-state index is 0.0222. The highest BCUT2D eigenvalue weighted by Crippen LogP contribution is 2.32. The van der Waals surface area contributed by atoms with Crippen molar-refractivity contribution in [3.63, 3.8) is 0 Å². The number of carboxylic acids is 1. The van der Waals surface area contributed by atoms with E-state index in [0.29, 0.717) is 66.5 Å². The molecule has 9 heteroatoms. The molecule has 3 aromatic rings. The molecular weight excluding hydrogens is 543 g/mol. The summed E-state index contributed by atoms with van der Waals surface area (Å²) in [5.74, 6) is -0.495. The SMILES string of the molecule is O=C(O)CCCCC1=NCc2cc(C(=O)N3CCC(c4ccccc4)CC3)ccc2N=C1c1ccc(C(F)(F)F)cc1. The van der Waals surface area contributed by atoms with E-state index in [4.69, 9.17) is 15.1 Å². The molecule has 2 heterocycles. The number of fused-ring (bicyclic) bond motifs is 1. The van der Waals surface area contributed by atoms with Crippen LogP contribution < -0.4 is 0 Å². The molecule has 1 N–H and O–H groups in total. The van der Waals surface area contributed by atoms with Crippen molar-refractivity contribution < 1.29 is 27.9 Å². The number of aliphatic imine (C=N–C) groups is 2. The number of nitrogens with zero attached hydrogens (tertiary/aromatic N) is 3. The monoisotopic (exact) mass is 575 g/mol. The zero-order chi connectivity index (χ0) is 29.7. The molecule has 0 spiro atoms. The molecule has 0 radical (unpaired) electrons. The van der Waals surface area contributed by atoms with Gasteiger partial charge in [-0.2, -0.15) is 13.2 Å². The van der Waals surface area contributed by atoms with Crippen LogP contribution in [0.5, 0.6) is 0 Å². The molecule has 0 aliphatic carbocycles. The lowest BCUT2D eigenvalue weighted by Gasteiger charge is -2.32. The molecule has 5 rings (SSSR count). The Labute approximate surface area is 242 Å². The second-order valence-corrected chi connectivity index (χ2v) is 10.7. The van der Waals surface area contributed by atoms with Crippen LogP contribution in [-0.2, 0) is 17.5 Å². The fourth-order valence-electron chi connectivity index (χ4n) is 5.53. The smallest absolute Gasteiger partial charge is 0.416 e. The minimum Gasteiger partial charge on any atom is -0.481 e. The van der Waals surface area contributed by atoms with Gasteiger partial charge in [0.25, 0.3) is 5.91 Å². The summed E-state index contributed by atoms with van der Waals surface area (Å²) in [6.07, 6.45) is -1.21. The minimum atomic E-state index is -4.45. The van der Waals surface area contributed by atoms with Crippen molar-refractivity contribution in [3.05, 3.63) is 101 Å². The van der Waals surface area contributed by atoms with E-state index in [1.165, 1.54) is 17.7 Å². The largest absolute Gasteiger partial charge is 0.481 e. The number of rotatable bonds is 8. The maximum Gasteiger partial charge on any atom is 0.416 e. The van der Waals surface area contributed by atoms with Crippen LogP contribution in [0.2, 0.25) is 0 Å². The van der Waals surface area contributed by atoms with Gasteiger partial charge in [-0.15, -0.1) is 0 Å². The highest BCUT2D eigenvalue weighted by Gasteiger charge is 2.30. The standard InChI is InChI=1S/C33H32F3N3O3/c34-33(35,36)27-13-10-24(11-14-27)31-29(8-4-5-9-30(40)41)37-21-26-20-25(12-15-28(26)38-31)32(42)39-18-16-23(17-19-39)22-6-2-1-3-7-22/h1-3,6-7,10-15,20,23H,4-5,8-9,16-19,21H2,(H,40,41). The Balaban J connectivity index is 1.36. The van der Waals surface area contributed by atoms with Gasteiger partial charge in [0.05, 0.1) is 29.2 Å². The third-order valence-electron chi connectivity index (χ3n) is 7.87. The van der Waals surface area contributed by atoms with Gasteiger partial charge in [0.2, 0.25) is 0 Å². The first-order valence-electron chi connectivity index (χ1n) is 14.2. The Hall–Kier alpha value is -4.27. The Morgan fingerprint density at radius 3 is 2.31 bits per heavy atom. The van der Waals surface area contributed by atoms with E-state index in [9.17, 15) is 22.8 Å². The summed E-state index contributed by atoms with van der Waals surface area (Å²) < 4.78 is 39.5. The zero-order valence-corrected chi connectivity index (χ0v) is 23.1. The third-order valence-corrected chi connectivity index (χ3v) is 7.87. The fraction of sp³-hybridized carbons (Fsp3) is 0.333. The van der Waals surface area contributed by atoms with Crippen molar-refractivity contribution in [2.75, 3.05) is 13.1 Å². The summed E-state index contributed by atoms with van der Waals surface area (Å²) in [5, 5.41) is 8.99. The highest BCUT2D eigenvalue weighted by molar-refractivity contribution is 6.49. The van der Waals surface area contributed by atoms with Crippen molar-refractivity contribution in [3.8, 4) is 0 Å². The second kappa shape index (κ2) is 12.7. The molecule has 6 nitrogen and oxygen atoms in total. The van der Waals surface area contributed by atoms with Gasteiger partial charge in [0.15, 0.2) is 0 Å². The van der Waals surface area contributed by atoms with Crippen LogP contribution in [0.4, 0.5) is 18.9 Å². The van der Waals surface area contributed by atoms with E-state index in [1.807, 2.05) is 29.2 Å². The van der Waals surface area contributed by atoms with Crippen LogP contribution in [0.1, 0.15) is 77.1 Å². The maximum atomic E-state index is 13.4. The second-order valence-electron chi connectivity index (χ2n) is 10.7. The van der Waals surface area contributed by atoms with Crippen molar-refractivity contribution >= 4 is 29.0 Å². The summed E-state index contributed by atoms with van der Waals surface area (Å²) in [4.78, 5) is 35.8. The van der Waals surface area contributed by atoms with Crippen molar-refractivity contribution in [1.82, 2.24) is 4.90 Å². The number of carboxylic acid groups (broad SMARTS) is 1. The van der Waals surface area contributed by atoms with E-state index in [1.54, 1.807) is 12.1 Å². The summed E-state index contributed by atoms with van der Waals surface area (Å²) >= 11 is 0. The molecule has 3 aromatic carbocycles. The average molecular weight is 576 g/mol. The number of alkyl halides is 3. The van der Waals surface area contributed by atoms with Crippen molar-refractivity contribution in [1.29, 1.82) is 0 Å². The lowest BCUT2D eigenvalue weighted by Crippen LogP contribution is -2.37. The molecule has 42 heavy (non-hydrogen) atoms. The van der Waals surface area contributed by atoms with Gasteiger partial charge in [-0.3, -0.25) is 14.6 Å². The topological polar surface area (TPSA) is 82.3 Å². The van der Waals surface area contributed by atoms with Gasteiger partial charge in [-0.05, 0) is 79.5 Å². The van der Waals surface area contributed by atoms with Gasteiger partial charge < -0.3 is 10.0 Å². The Bertz CT molecular complexity index is 1490. The van der Waals surface area contributed by atoms with Gasteiger partial charge in [-0.25, -0.2) is 4.99 Å². The quantitative estimate of drug-likeness (QED) is 0.283. The number of halogens is 3. The fourth-order valence-corrected chi connectivity index (χ4v) is 5.53. The van der Waals surface area contributed by atoms with Gasteiger partial charge in [-0.1, -0.05) is 42.5 Å². The number of likely N-dealkylation sites (tertiary alicyclic amines) is 1. The lowest BCUT2D eigenvalue weighted by atomic mass is 9.89. The number of unbranched alkanes of at least 4 members (excludes halogenated alkanes) is 1. The van der Waals surface area contributed by atoms with Crippen LogP contribution in [0.3, 0.4) is 0 Å². The Kier molecular flexibility index (Phi) is 8.85. The van der Waals surface area contributed by atoms with Crippen LogP contribution in [0, 0.1) is 0 Å². The predicted molar refractivity (Wildman–Crippen MR) is 156 cm³/mol. The van der Waals surface area contributed by atoms with Gasteiger partial charge in [0.1, 0.15) is 0 Å². The number of hydrogen-bond acceptors (Lipinski definition) is 4. The molecule has 1 fully saturated rings. The van der Waals surface area contributed by atoms with Gasteiger partial charge >= 0.3 is 12.1 Å². The zero-order valence-electron chi connectivity index (χ0n) is 23.1. The summed E-state index contributed by atoms with van der Waals surface area (Å²) in [6.45, 7) is 1.60. The van der Waals surface area contributed by atoms with Crippen LogP contribution in [0.25, 0.3) is 0 Å². The van der Waals surface area contributed by atoms with E-state index in [-0.39, 0.29) is 18.9 Å². The van der Waals surface area contributed by atoms with Crippen LogP contribution in [0.15, 0.2) is 82.8 Å². The average Bonchev–Trinajstić information content (AvgIpc) is 3.18. The number of piperidine rings is 1. The first kappa shape index (κ1) is 29.2. The highest BCUT2D eigenvalue weighted by atomic mass is 19.4. The van der Waals surface area contributed by atoms with Crippen LogP contribution >= 0.6 is 0 Å².